The molecule has 0 aromatic heterocycles. The summed E-state index contributed by atoms with van der Waals surface area (Å²) >= 11 is 0. The first-order valence-corrected chi connectivity index (χ1v) is 20.4. The normalized spacial score (nSPS) is 16.0. The van der Waals surface area contributed by atoms with Crippen molar-refractivity contribution in [1.82, 2.24) is 0 Å². The maximum absolute atomic E-state index is 2.50. The van der Waals surface area contributed by atoms with Crippen LogP contribution in [-0.2, 0) is 5.41 Å². The maximum Gasteiger partial charge on any atom is 0.0210 e. The van der Waals surface area contributed by atoms with Crippen LogP contribution in [0.2, 0.25) is 0 Å². The minimum absolute atomic E-state index is 0.0172. The fourth-order valence-corrected chi connectivity index (χ4v) is 10.7. The molecule has 0 amide bonds. The first-order valence-electron chi connectivity index (χ1n) is 20.4. The Morgan fingerprint density at radius 2 is 1.04 bits per heavy atom. The molecule has 11 rings (SSSR count). The fraction of sp³-hybridized carbons (Fsp3) is 0.164. The summed E-state index contributed by atoms with van der Waals surface area (Å²) in [5.74, 6) is 0.664. The third-order valence-electron chi connectivity index (χ3n) is 13.6. The Hall–Kier alpha value is -5.98. The third kappa shape index (κ3) is 4.90. The molecular weight excluding hydrogens is 661 g/mol. The molecule has 264 valence electrons. The van der Waals surface area contributed by atoms with Gasteiger partial charge in [-0.25, -0.2) is 0 Å². The number of fused-ring (bicyclic) bond motifs is 4. The molecule has 0 saturated heterocycles. The monoisotopic (exact) mass is 704 g/mol. The maximum atomic E-state index is 2.50. The summed E-state index contributed by atoms with van der Waals surface area (Å²) in [5, 5.41) is 8.33. The van der Waals surface area contributed by atoms with Gasteiger partial charge in [0.15, 0.2) is 0 Å². The van der Waals surface area contributed by atoms with Crippen molar-refractivity contribution in [2.75, 3.05) is 0 Å². The van der Waals surface area contributed by atoms with Gasteiger partial charge in [0.1, 0.15) is 0 Å². The summed E-state index contributed by atoms with van der Waals surface area (Å²) in [6, 6.07) is 57.7. The molecule has 0 aliphatic heterocycles. The van der Waals surface area contributed by atoms with Crippen molar-refractivity contribution in [3.05, 3.63) is 179 Å². The highest BCUT2D eigenvalue weighted by Crippen LogP contribution is 2.54. The van der Waals surface area contributed by atoms with Crippen molar-refractivity contribution in [1.29, 1.82) is 0 Å². The standard InChI is InChI=1S/C55H44/c1-3-55(4-2)51-33-43(35-15-19-38(20-16-35)46-14-8-10-37-9-5-6-13-45(37)46)27-30-48(51)49-31-28-44(34-52(49)55)36-17-21-39(22-18-36)47-29-25-42-24-23-40-11-7-12-41-26-32-50(47)54(42)53(40)41/h5-6,8-10,12-22,24-34,40H,3-4,7,11,23H2,1-2H3. The molecule has 8 aromatic rings. The van der Waals surface area contributed by atoms with Crippen molar-refractivity contribution < 1.29 is 0 Å². The first-order chi connectivity index (χ1) is 27.1. The van der Waals surface area contributed by atoms with Gasteiger partial charge in [0, 0.05) is 5.41 Å². The van der Waals surface area contributed by atoms with E-state index in [1.165, 1.54) is 118 Å². The van der Waals surface area contributed by atoms with Crippen LogP contribution in [0.4, 0.5) is 0 Å². The van der Waals surface area contributed by atoms with E-state index in [0.717, 1.165) is 12.8 Å². The number of benzene rings is 8. The molecule has 0 saturated carbocycles. The number of hydrogen-bond acceptors (Lipinski definition) is 0. The smallest absolute Gasteiger partial charge is 0.0210 e. The van der Waals surface area contributed by atoms with Gasteiger partial charge in [-0.1, -0.05) is 166 Å². The fourth-order valence-electron chi connectivity index (χ4n) is 10.7. The molecule has 0 radical (unpaired) electrons. The zero-order valence-corrected chi connectivity index (χ0v) is 31.7. The van der Waals surface area contributed by atoms with Crippen LogP contribution >= 0.6 is 0 Å². The summed E-state index contributed by atoms with van der Waals surface area (Å²) in [6.07, 6.45) is 10.7. The Balaban J connectivity index is 0.930. The van der Waals surface area contributed by atoms with E-state index in [2.05, 4.69) is 178 Å². The third-order valence-corrected chi connectivity index (χ3v) is 13.6. The Kier molecular flexibility index (Phi) is 7.40. The molecule has 55 heavy (non-hydrogen) atoms. The quantitative estimate of drug-likeness (QED) is 0.162. The molecule has 1 atom stereocenters. The van der Waals surface area contributed by atoms with Crippen LogP contribution in [0.15, 0.2) is 152 Å². The van der Waals surface area contributed by atoms with Crippen LogP contribution in [0.1, 0.15) is 68.6 Å². The highest BCUT2D eigenvalue weighted by molar-refractivity contribution is 6.01. The Morgan fingerprint density at radius 3 is 1.71 bits per heavy atom. The minimum Gasteiger partial charge on any atom is -0.0769 e. The van der Waals surface area contributed by atoms with Crippen molar-refractivity contribution in [2.45, 2.75) is 57.3 Å². The van der Waals surface area contributed by atoms with Gasteiger partial charge < -0.3 is 0 Å². The zero-order chi connectivity index (χ0) is 36.7. The van der Waals surface area contributed by atoms with Gasteiger partial charge in [0.25, 0.3) is 0 Å². The van der Waals surface area contributed by atoms with E-state index in [0.29, 0.717) is 5.92 Å². The Morgan fingerprint density at radius 1 is 0.473 bits per heavy atom. The molecule has 0 heteroatoms. The van der Waals surface area contributed by atoms with Crippen molar-refractivity contribution in [3.8, 4) is 55.6 Å². The molecule has 0 spiro atoms. The van der Waals surface area contributed by atoms with E-state index < -0.39 is 0 Å². The second-order valence-corrected chi connectivity index (χ2v) is 16.1. The molecule has 3 aliphatic rings. The molecule has 3 aliphatic carbocycles. The van der Waals surface area contributed by atoms with Crippen LogP contribution in [-0.4, -0.2) is 0 Å². The average Bonchev–Trinajstić information content (AvgIpc) is 3.54. The molecule has 0 heterocycles. The lowest BCUT2D eigenvalue weighted by atomic mass is 9.73. The van der Waals surface area contributed by atoms with Gasteiger partial charge in [-0.05, 0) is 154 Å². The van der Waals surface area contributed by atoms with Crippen LogP contribution in [0, 0.1) is 0 Å². The van der Waals surface area contributed by atoms with E-state index in [1.54, 1.807) is 5.56 Å². The summed E-state index contributed by atoms with van der Waals surface area (Å²) in [7, 11) is 0. The molecule has 8 aromatic carbocycles. The predicted molar refractivity (Wildman–Crippen MR) is 235 cm³/mol. The lowest BCUT2D eigenvalue weighted by Crippen LogP contribution is -2.24. The molecule has 0 fully saturated rings. The zero-order valence-electron chi connectivity index (χ0n) is 31.7. The van der Waals surface area contributed by atoms with Crippen LogP contribution < -0.4 is 10.4 Å². The largest absolute Gasteiger partial charge is 0.0769 e. The highest BCUT2D eigenvalue weighted by atomic mass is 14.4. The topological polar surface area (TPSA) is 0 Å². The van der Waals surface area contributed by atoms with E-state index >= 15 is 0 Å². The van der Waals surface area contributed by atoms with Gasteiger partial charge in [-0.2, -0.15) is 0 Å². The number of hydrogen-bond donors (Lipinski definition) is 0. The van der Waals surface area contributed by atoms with Crippen molar-refractivity contribution in [2.24, 2.45) is 0 Å². The van der Waals surface area contributed by atoms with Crippen LogP contribution in [0.5, 0.6) is 0 Å². The first kappa shape index (κ1) is 32.5. The van der Waals surface area contributed by atoms with Gasteiger partial charge in [-0.3, -0.25) is 0 Å². The SMILES string of the molecule is CCC1(CC)c2cc(-c3ccc(-c4cccc5ccccc45)cc3)ccc2-c2ccc(-c3ccc(-c4ccc5c6c7c(ccc46)=CCCC7CC=5)cc3)cc21. The van der Waals surface area contributed by atoms with E-state index in [-0.39, 0.29) is 5.41 Å². The van der Waals surface area contributed by atoms with Crippen molar-refractivity contribution >= 4 is 33.7 Å². The second-order valence-electron chi connectivity index (χ2n) is 16.1. The van der Waals surface area contributed by atoms with Crippen LogP contribution in [0.3, 0.4) is 0 Å². The molecule has 0 nitrogen and oxygen atoms in total. The summed E-state index contributed by atoms with van der Waals surface area (Å²) in [5.41, 5.74) is 17.6. The van der Waals surface area contributed by atoms with Gasteiger partial charge in [0.05, 0.1) is 0 Å². The highest BCUT2D eigenvalue weighted by Gasteiger charge is 2.41. The van der Waals surface area contributed by atoms with Crippen LogP contribution in [0.25, 0.3) is 89.3 Å². The average molecular weight is 705 g/mol. The summed E-state index contributed by atoms with van der Waals surface area (Å²) in [6.45, 7) is 4.75. The Labute approximate surface area is 324 Å². The Bertz CT molecular complexity index is 2950. The van der Waals surface area contributed by atoms with Gasteiger partial charge >= 0.3 is 0 Å². The molecule has 1 unspecified atom stereocenters. The van der Waals surface area contributed by atoms with E-state index in [9.17, 15) is 0 Å². The summed E-state index contributed by atoms with van der Waals surface area (Å²) < 4.78 is 0. The number of rotatable bonds is 6. The van der Waals surface area contributed by atoms with Gasteiger partial charge in [0.2, 0.25) is 0 Å². The van der Waals surface area contributed by atoms with Gasteiger partial charge in [-0.15, -0.1) is 0 Å². The predicted octanol–water partition coefficient (Wildman–Crippen LogP) is 13.6. The molecule has 0 bridgehead atoms. The van der Waals surface area contributed by atoms with Crippen molar-refractivity contribution in [3.63, 3.8) is 0 Å². The molecule has 0 N–H and O–H groups in total. The lowest BCUT2D eigenvalue weighted by molar-refractivity contribution is 0.491. The summed E-state index contributed by atoms with van der Waals surface area (Å²) in [4.78, 5) is 0. The molecular formula is C55H44. The van der Waals surface area contributed by atoms with E-state index in [1.807, 2.05) is 0 Å². The second kappa shape index (κ2) is 12.5. The van der Waals surface area contributed by atoms with E-state index in [4.69, 9.17) is 0 Å². The minimum atomic E-state index is -0.0172. The lowest BCUT2D eigenvalue weighted by Gasteiger charge is -2.30.